The molecule has 0 N–H and O–H groups in total. The van der Waals surface area contributed by atoms with Gasteiger partial charge in [0.15, 0.2) is 17.5 Å². The normalized spacial score (nSPS) is 13.3. The van der Waals surface area contributed by atoms with Crippen molar-refractivity contribution in [2.24, 2.45) is 0 Å². The second-order valence-corrected chi connectivity index (χ2v) is 15.1. The first-order chi connectivity index (χ1) is 26.7. The van der Waals surface area contributed by atoms with Crippen molar-refractivity contribution in [1.29, 1.82) is 0 Å². The molecule has 1 aliphatic heterocycles. The Morgan fingerprint density at radius 1 is 0.315 bits per heavy atom. The first kappa shape index (κ1) is 31.0. The molecule has 0 unspecified atom stereocenters. The third kappa shape index (κ3) is 4.74. The number of fused-ring (bicyclic) bond motifs is 10. The van der Waals surface area contributed by atoms with Crippen molar-refractivity contribution in [3.05, 3.63) is 210 Å². The molecule has 1 aromatic heterocycles. The zero-order valence-corrected chi connectivity index (χ0v) is 30.0. The number of rotatable bonds is 4. The van der Waals surface area contributed by atoms with Gasteiger partial charge in [0, 0.05) is 26.5 Å². The molecule has 4 heteroatoms. The van der Waals surface area contributed by atoms with Gasteiger partial charge in [0.2, 0.25) is 0 Å². The summed E-state index contributed by atoms with van der Waals surface area (Å²) in [6, 6.07) is 67.4. The second kappa shape index (κ2) is 12.2. The van der Waals surface area contributed by atoms with Crippen molar-refractivity contribution in [3.63, 3.8) is 0 Å². The molecule has 0 saturated heterocycles. The lowest BCUT2D eigenvalue weighted by Gasteiger charge is -2.39. The van der Waals surface area contributed by atoms with Crippen molar-refractivity contribution in [1.82, 2.24) is 15.0 Å². The molecule has 0 saturated carbocycles. The van der Waals surface area contributed by atoms with Gasteiger partial charge >= 0.3 is 0 Å². The Morgan fingerprint density at radius 3 is 1.56 bits per heavy atom. The standard InChI is InChI=1S/C50H31N3S/c1-3-14-32(15-4-1)34-18-13-19-36(28-34)48-51-47(33-16-5-2-6-17-33)52-49(53-48)37-27-26-35-30-44-46(31-38(35)29-37)54-45-25-12-11-24-43(45)50(44)41-22-9-7-20-39(41)40-21-8-10-23-42(40)50/h1-31H. The van der Waals surface area contributed by atoms with E-state index in [1.165, 1.54) is 48.6 Å². The summed E-state index contributed by atoms with van der Waals surface area (Å²) in [5.41, 5.74) is 12.7. The first-order valence-electron chi connectivity index (χ1n) is 18.3. The van der Waals surface area contributed by atoms with Gasteiger partial charge in [-0.05, 0) is 85.6 Å². The van der Waals surface area contributed by atoms with Crippen LogP contribution in [0.1, 0.15) is 22.3 Å². The number of aromatic nitrogens is 3. The van der Waals surface area contributed by atoms with Crippen molar-refractivity contribution < 1.29 is 0 Å². The van der Waals surface area contributed by atoms with Crippen LogP contribution in [-0.2, 0) is 5.41 Å². The Hall–Kier alpha value is -6.62. The number of nitrogens with zero attached hydrogens (tertiary/aromatic N) is 3. The molecule has 1 aliphatic carbocycles. The fraction of sp³-hybridized carbons (Fsp3) is 0.0200. The van der Waals surface area contributed by atoms with Gasteiger partial charge in [0.25, 0.3) is 0 Å². The van der Waals surface area contributed by atoms with E-state index >= 15 is 0 Å². The zero-order valence-electron chi connectivity index (χ0n) is 29.1. The summed E-state index contributed by atoms with van der Waals surface area (Å²) in [4.78, 5) is 17.8. The van der Waals surface area contributed by atoms with Gasteiger partial charge in [-0.25, -0.2) is 15.0 Å². The Morgan fingerprint density at radius 2 is 0.852 bits per heavy atom. The van der Waals surface area contributed by atoms with Gasteiger partial charge < -0.3 is 0 Å². The molecule has 0 atom stereocenters. The highest BCUT2D eigenvalue weighted by Crippen LogP contribution is 2.62. The van der Waals surface area contributed by atoms with Gasteiger partial charge in [0.1, 0.15) is 0 Å². The van der Waals surface area contributed by atoms with Crippen LogP contribution in [0.4, 0.5) is 0 Å². The highest BCUT2D eigenvalue weighted by molar-refractivity contribution is 7.99. The lowest BCUT2D eigenvalue weighted by molar-refractivity contribution is 0.724. The number of hydrogen-bond acceptors (Lipinski definition) is 4. The van der Waals surface area contributed by atoms with E-state index < -0.39 is 5.41 Å². The second-order valence-electron chi connectivity index (χ2n) is 14.0. The van der Waals surface area contributed by atoms with Crippen LogP contribution in [0.2, 0.25) is 0 Å². The van der Waals surface area contributed by atoms with Gasteiger partial charge in [-0.15, -0.1) is 0 Å². The van der Waals surface area contributed by atoms with Crippen molar-refractivity contribution in [2.75, 3.05) is 0 Å². The van der Waals surface area contributed by atoms with Crippen LogP contribution >= 0.6 is 11.8 Å². The maximum absolute atomic E-state index is 5.14. The zero-order chi connectivity index (χ0) is 35.6. The number of benzene rings is 8. The van der Waals surface area contributed by atoms with E-state index in [4.69, 9.17) is 15.0 Å². The average molecular weight is 706 g/mol. The van der Waals surface area contributed by atoms with Gasteiger partial charge in [-0.3, -0.25) is 0 Å². The minimum absolute atomic E-state index is 0.404. The molecular formula is C50H31N3S. The predicted molar refractivity (Wildman–Crippen MR) is 221 cm³/mol. The summed E-state index contributed by atoms with van der Waals surface area (Å²) in [6.45, 7) is 0. The summed E-state index contributed by atoms with van der Waals surface area (Å²) in [5.74, 6) is 1.95. The summed E-state index contributed by atoms with van der Waals surface area (Å²) in [7, 11) is 0. The maximum atomic E-state index is 5.14. The van der Waals surface area contributed by atoms with Crippen LogP contribution in [0.25, 0.3) is 67.2 Å². The van der Waals surface area contributed by atoms with E-state index in [0.717, 1.165) is 33.2 Å². The minimum Gasteiger partial charge on any atom is -0.208 e. The molecule has 0 amide bonds. The lowest BCUT2D eigenvalue weighted by Crippen LogP contribution is -2.31. The SMILES string of the molecule is c1ccc(-c2cccc(-c3nc(-c4ccccc4)nc(-c4ccc5cc6c(cc5c4)Sc4ccccc4C64c5ccccc5-c5ccccc54)n3)c2)cc1. The first-order valence-corrected chi connectivity index (χ1v) is 19.1. The van der Waals surface area contributed by atoms with Crippen LogP contribution in [0.5, 0.6) is 0 Å². The molecule has 11 rings (SSSR count). The van der Waals surface area contributed by atoms with E-state index in [9.17, 15) is 0 Å². The van der Waals surface area contributed by atoms with Gasteiger partial charge in [0.05, 0.1) is 5.41 Å². The van der Waals surface area contributed by atoms with Crippen LogP contribution in [0, 0.1) is 0 Å². The van der Waals surface area contributed by atoms with Crippen LogP contribution in [0.15, 0.2) is 198 Å². The summed E-state index contributed by atoms with van der Waals surface area (Å²) in [6.07, 6.45) is 0. The third-order valence-electron chi connectivity index (χ3n) is 11.0. The van der Waals surface area contributed by atoms with Gasteiger partial charge in [-0.1, -0.05) is 169 Å². The molecule has 2 heterocycles. The molecule has 54 heavy (non-hydrogen) atoms. The Labute approximate surface area is 318 Å². The van der Waals surface area contributed by atoms with E-state index in [-0.39, 0.29) is 0 Å². The number of hydrogen-bond donors (Lipinski definition) is 0. The van der Waals surface area contributed by atoms with Crippen LogP contribution in [0.3, 0.4) is 0 Å². The van der Waals surface area contributed by atoms with Crippen LogP contribution < -0.4 is 0 Å². The molecule has 8 aromatic carbocycles. The highest BCUT2D eigenvalue weighted by Gasteiger charge is 2.50. The molecule has 9 aromatic rings. The molecule has 1 spiro atoms. The fourth-order valence-corrected chi connectivity index (χ4v) is 9.78. The molecule has 0 bridgehead atoms. The fourth-order valence-electron chi connectivity index (χ4n) is 8.56. The Balaban J connectivity index is 1.09. The van der Waals surface area contributed by atoms with Crippen molar-refractivity contribution in [3.8, 4) is 56.4 Å². The van der Waals surface area contributed by atoms with E-state index in [1.54, 1.807) is 0 Å². The molecule has 2 aliphatic rings. The Bertz CT molecular complexity index is 2870. The third-order valence-corrected chi connectivity index (χ3v) is 12.1. The summed E-state index contributed by atoms with van der Waals surface area (Å²) in [5, 5.41) is 2.34. The molecule has 0 fully saturated rings. The molecular weight excluding hydrogens is 675 g/mol. The maximum Gasteiger partial charge on any atom is 0.164 e. The van der Waals surface area contributed by atoms with E-state index in [1.807, 2.05) is 36.0 Å². The summed E-state index contributed by atoms with van der Waals surface area (Å²) < 4.78 is 0. The van der Waals surface area contributed by atoms with Crippen LogP contribution in [-0.4, -0.2) is 15.0 Å². The van der Waals surface area contributed by atoms with E-state index in [0.29, 0.717) is 17.5 Å². The monoisotopic (exact) mass is 705 g/mol. The van der Waals surface area contributed by atoms with Crippen molar-refractivity contribution in [2.45, 2.75) is 15.2 Å². The quantitative estimate of drug-likeness (QED) is 0.183. The largest absolute Gasteiger partial charge is 0.208 e. The molecule has 3 nitrogen and oxygen atoms in total. The van der Waals surface area contributed by atoms with Crippen molar-refractivity contribution >= 4 is 22.5 Å². The average Bonchev–Trinajstić information content (AvgIpc) is 3.54. The minimum atomic E-state index is -0.404. The molecule has 0 radical (unpaired) electrons. The smallest absolute Gasteiger partial charge is 0.164 e. The highest BCUT2D eigenvalue weighted by atomic mass is 32.2. The molecule has 252 valence electrons. The summed E-state index contributed by atoms with van der Waals surface area (Å²) >= 11 is 1.87. The Kier molecular flexibility index (Phi) is 7.01. The van der Waals surface area contributed by atoms with E-state index in [2.05, 4.69) is 164 Å². The van der Waals surface area contributed by atoms with Gasteiger partial charge in [-0.2, -0.15) is 0 Å². The topological polar surface area (TPSA) is 38.7 Å². The predicted octanol–water partition coefficient (Wildman–Crippen LogP) is 12.5. The lowest BCUT2D eigenvalue weighted by atomic mass is 9.67.